The molecule has 3 heteroatoms. The van der Waals surface area contributed by atoms with Gasteiger partial charge in [-0.25, -0.2) is 4.39 Å². The standard InChI is InChI=1S/C20H20FNO/c21-17-8-6-14(7-9-17)16-12-18-10-11-19(13-16)22(18)20(23)15-4-2-1-3-5-15/h1-9,16,18-19H,10-13H2/t16-,18+,19-. The van der Waals surface area contributed by atoms with Crippen LogP contribution in [0.25, 0.3) is 0 Å². The van der Waals surface area contributed by atoms with Crippen molar-refractivity contribution in [1.29, 1.82) is 0 Å². The van der Waals surface area contributed by atoms with E-state index in [4.69, 9.17) is 0 Å². The van der Waals surface area contributed by atoms with Crippen LogP contribution in [0.5, 0.6) is 0 Å². The Morgan fingerprint density at radius 1 is 0.913 bits per heavy atom. The van der Waals surface area contributed by atoms with E-state index in [2.05, 4.69) is 4.90 Å². The highest BCUT2D eigenvalue weighted by atomic mass is 19.1. The SMILES string of the molecule is O=C(c1ccccc1)N1[C@@H]2CC[C@H]1C[C@@H](c1ccc(F)cc1)C2. The van der Waals surface area contributed by atoms with E-state index >= 15 is 0 Å². The zero-order valence-corrected chi connectivity index (χ0v) is 13.0. The lowest BCUT2D eigenvalue weighted by Gasteiger charge is -2.39. The van der Waals surface area contributed by atoms with Gasteiger partial charge in [0, 0.05) is 17.6 Å². The molecule has 2 aliphatic heterocycles. The van der Waals surface area contributed by atoms with Gasteiger partial charge in [-0.2, -0.15) is 0 Å². The van der Waals surface area contributed by atoms with E-state index in [1.807, 2.05) is 42.5 Å². The summed E-state index contributed by atoms with van der Waals surface area (Å²) in [6, 6.07) is 17.1. The van der Waals surface area contributed by atoms with E-state index in [9.17, 15) is 9.18 Å². The van der Waals surface area contributed by atoms with Crippen molar-refractivity contribution in [3.8, 4) is 0 Å². The number of halogens is 1. The van der Waals surface area contributed by atoms with Crippen LogP contribution in [0.4, 0.5) is 4.39 Å². The molecule has 1 amide bonds. The van der Waals surface area contributed by atoms with Crippen LogP contribution in [0.15, 0.2) is 54.6 Å². The average molecular weight is 309 g/mol. The summed E-state index contributed by atoms with van der Waals surface area (Å²) in [5, 5.41) is 0. The smallest absolute Gasteiger partial charge is 0.254 e. The van der Waals surface area contributed by atoms with Crippen molar-refractivity contribution in [1.82, 2.24) is 4.90 Å². The Morgan fingerprint density at radius 3 is 2.13 bits per heavy atom. The number of piperidine rings is 1. The number of hydrogen-bond acceptors (Lipinski definition) is 1. The third-order valence-electron chi connectivity index (χ3n) is 5.33. The molecule has 2 aliphatic rings. The highest BCUT2D eigenvalue weighted by molar-refractivity contribution is 5.94. The molecule has 4 rings (SSSR count). The second-order valence-electron chi connectivity index (χ2n) is 6.68. The van der Waals surface area contributed by atoms with Crippen molar-refractivity contribution in [2.45, 2.75) is 43.7 Å². The maximum atomic E-state index is 13.1. The summed E-state index contributed by atoms with van der Waals surface area (Å²) in [5.41, 5.74) is 1.99. The van der Waals surface area contributed by atoms with Crippen LogP contribution >= 0.6 is 0 Å². The van der Waals surface area contributed by atoms with Crippen molar-refractivity contribution in [2.24, 2.45) is 0 Å². The molecule has 2 aromatic rings. The van der Waals surface area contributed by atoms with Gasteiger partial charge in [0.2, 0.25) is 0 Å². The molecule has 3 atom stereocenters. The minimum Gasteiger partial charge on any atom is -0.333 e. The van der Waals surface area contributed by atoms with Crippen LogP contribution in [0.3, 0.4) is 0 Å². The highest BCUT2D eigenvalue weighted by Gasteiger charge is 2.43. The molecule has 2 nitrogen and oxygen atoms in total. The van der Waals surface area contributed by atoms with Gasteiger partial charge >= 0.3 is 0 Å². The first-order chi connectivity index (χ1) is 11.2. The molecule has 2 saturated heterocycles. The van der Waals surface area contributed by atoms with Gasteiger partial charge in [0.25, 0.3) is 5.91 Å². The van der Waals surface area contributed by atoms with Gasteiger partial charge < -0.3 is 4.90 Å². The van der Waals surface area contributed by atoms with E-state index in [0.29, 0.717) is 18.0 Å². The lowest BCUT2D eigenvalue weighted by atomic mass is 9.85. The second-order valence-corrected chi connectivity index (χ2v) is 6.68. The van der Waals surface area contributed by atoms with E-state index in [1.165, 1.54) is 5.56 Å². The molecule has 2 bridgehead atoms. The molecule has 118 valence electrons. The van der Waals surface area contributed by atoms with Crippen LogP contribution in [0, 0.1) is 5.82 Å². The van der Waals surface area contributed by atoms with E-state index in [-0.39, 0.29) is 11.7 Å². The summed E-state index contributed by atoms with van der Waals surface area (Å²) < 4.78 is 13.1. The molecule has 2 fully saturated rings. The minimum atomic E-state index is -0.187. The molecular weight excluding hydrogens is 289 g/mol. The molecular formula is C20H20FNO. The van der Waals surface area contributed by atoms with Crippen LogP contribution in [-0.4, -0.2) is 22.9 Å². The predicted octanol–water partition coefficient (Wildman–Crippen LogP) is 4.38. The van der Waals surface area contributed by atoms with Gasteiger partial charge in [0.05, 0.1) is 0 Å². The van der Waals surface area contributed by atoms with Gasteiger partial charge in [-0.1, -0.05) is 30.3 Å². The molecule has 2 heterocycles. The summed E-state index contributed by atoms with van der Waals surface area (Å²) in [6.07, 6.45) is 4.14. The van der Waals surface area contributed by atoms with Crippen LogP contribution in [-0.2, 0) is 0 Å². The fourth-order valence-electron chi connectivity index (χ4n) is 4.25. The Hall–Kier alpha value is -2.16. The molecule has 0 radical (unpaired) electrons. The Balaban J connectivity index is 1.54. The van der Waals surface area contributed by atoms with Crippen LogP contribution < -0.4 is 0 Å². The largest absolute Gasteiger partial charge is 0.333 e. The molecule has 0 saturated carbocycles. The molecule has 0 spiro atoms. The van der Waals surface area contributed by atoms with Gasteiger partial charge in [-0.05, 0) is 61.4 Å². The maximum Gasteiger partial charge on any atom is 0.254 e. The predicted molar refractivity (Wildman–Crippen MR) is 87.8 cm³/mol. The lowest BCUT2D eigenvalue weighted by molar-refractivity contribution is 0.0571. The number of hydrogen-bond donors (Lipinski definition) is 0. The first-order valence-electron chi connectivity index (χ1n) is 8.35. The molecule has 2 aromatic carbocycles. The lowest BCUT2D eigenvalue weighted by Crippen LogP contribution is -2.46. The number of amides is 1. The maximum absolute atomic E-state index is 13.1. The van der Waals surface area contributed by atoms with Crippen LogP contribution in [0.2, 0.25) is 0 Å². The Bertz CT molecular complexity index is 683. The first-order valence-corrected chi connectivity index (χ1v) is 8.35. The van der Waals surface area contributed by atoms with Gasteiger partial charge in [-0.3, -0.25) is 4.79 Å². The number of carbonyl (C=O) groups is 1. The van der Waals surface area contributed by atoms with Gasteiger partial charge in [0.15, 0.2) is 0 Å². The molecule has 0 aromatic heterocycles. The average Bonchev–Trinajstić information content (AvgIpc) is 2.85. The molecule has 0 aliphatic carbocycles. The number of fused-ring (bicyclic) bond motifs is 2. The molecule has 0 unspecified atom stereocenters. The number of rotatable bonds is 2. The van der Waals surface area contributed by atoms with Gasteiger partial charge in [0.1, 0.15) is 5.82 Å². The summed E-state index contributed by atoms with van der Waals surface area (Å²) >= 11 is 0. The Kier molecular flexibility index (Phi) is 3.64. The molecule has 23 heavy (non-hydrogen) atoms. The van der Waals surface area contributed by atoms with Crippen molar-refractivity contribution in [3.63, 3.8) is 0 Å². The summed E-state index contributed by atoms with van der Waals surface area (Å²) in [6.45, 7) is 0. The number of carbonyl (C=O) groups excluding carboxylic acids is 1. The monoisotopic (exact) mass is 309 g/mol. The van der Waals surface area contributed by atoms with Crippen molar-refractivity contribution < 1.29 is 9.18 Å². The van der Waals surface area contributed by atoms with E-state index in [1.54, 1.807) is 12.1 Å². The van der Waals surface area contributed by atoms with Crippen molar-refractivity contribution in [3.05, 3.63) is 71.5 Å². The molecule has 0 N–H and O–H groups in total. The minimum absolute atomic E-state index is 0.163. The van der Waals surface area contributed by atoms with Gasteiger partial charge in [-0.15, -0.1) is 0 Å². The van der Waals surface area contributed by atoms with Crippen molar-refractivity contribution >= 4 is 5.91 Å². The number of nitrogens with zero attached hydrogens (tertiary/aromatic N) is 1. The summed E-state index contributed by atoms with van der Waals surface area (Å²) in [7, 11) is 0. The second kappa shape index (κ2) is 5.80. The normalized spacial score (nSPS) is 26.3. The third-order valence-corrected chi connectivity index (χ3v) is 5.33. The Morgan fingerprint density at radius 2 is 1.52 bits per heavy atom. The summed E-state index contributed by atoms with van der Waals surface area (Å²) in [5.74, 6) is 0.414. The van der Waals surface area contributed by atoms with Crippen molar-refractivity contribution in [2.75, 3.05) is 0 Å². The Labute approximate surface area is 135 Å². The van der Waals surface area contributed by atoms with E-state index in [0.717, 1.165) is 31.2 Å². The zero-order chi connectivity index (χ0) is 15.8. The third kappa shape index (κ3) is 2.65. The first kappa shape index (κ1) is 14.4. The fraction of sp³-hybridized carbons (Fsp3) is 0.350. The topological polar surface area (TPSA) is 20.3 Å². The van der Waals surface area contributed by atoms with Crippen LogP contribution in [0.1, 0.15) is 47.5 Å². The zero-order valence-electron chi connectivity index (χ0n) is 13.0. The summed E-state index contributed by atoms with van der Waals surface area (Å²) in [4.78, 5) is 14.9. The van der Waals surface area contributed by atoms with E-state index < -0.39 is 0 Å². The quantitative estimate of drug-likeness (QED) is 0.806. The fourth-order valence-corrected chi connectivity index (χ4v) is 4.25. The highest BCUT2D eigenvalue weighted by Crippen LogP contribution is 2.43. The number of benzene rings is 2.